The average Bonchev–Trinajstić information content (AvgIpc) is 2.87. The summed E-state index contributed by atoms with van der Waals surface area (Å²) in [6, 6.07) is 18.6. The van der Waals surface area contributed by atoms with E-state index in [2.05, 4.69) is 58.0 Å². The van der Waals surface area contributed by atoms with E-state index in [0.717, 1.165) is 67.8 Å². The van der Waals surface area contributed by atoms with E-state index in [-0.39, 0.29) is 5.56 Å². The molecule has 2 aliphatic rings. The van der Waals surface area contributed by atoms with Crippen molar-refractivity contribution in [1.82, 2.24) is 19.4 Å². The maximum absolute atomic E-state index is 13.8. The molecule has 1 saturated heterocycles. The third-order valence-corrected chi connectivity index (χ3v) is 6.78. The molecule has 0 atom stereocenters. The van der Waals surface area contributed by atoms with Crippen molar-refractivity contribution in [2.75, 3.05) is 51.0 Å². The molecule has 2 aromatic carbocycles. The van der Waals surface area contributed by atoms with Gasteiger partial charge >= 0.3 is 0 Å². The Morgan fingerprint density at radius 3 is 2.32 bits per heavy atom. The van der Waals surface area contributed by atoms with Crippen molar-refractivity contribution in [2.45, 2.75) is 26.9 Å². The summed E-state index contributed by atoms with van der Waals surface area (Å²) in [6.45, 7) is 10.7. The molecule has 0 bridgehead atoms. The normalized spacial score (nSPS) is 17.1. The first-order valence-electron chi connectivity index (χ1n) is 12.1. The van der Waals surface area contributed by atoms with E-state index >= 15 is 0 Å². The Labute approximate surface area is 201 Å². The van der Waals surface area contributed by atoms with Crippen LogP contribution in [0.2, 0.25) is 0 Å². The fourth-order valence-electron chi connectivity index (χ4n) is 4.70. The summed E-state index contributed by atoms with van der Waals surface area (Å²) >= 11 is 0. The Balaban J connectivity index is 1.48. The lowest BCUT2D eigenvalue weighted by Crippen LogP contribution is -2.50. The number of ether oxygens (including phenoxy) is 1. The molecule has 7 nitrogen and oxygen atoms in total. The van der Waals surface area contributed by atoms with E-state index < -0.39 is 0 Å². The first-order chi connectivity index (χ1) is 16.6. The molecular formula is C27H33N5O2. The highest BCUT2D eigenvalue weighted by atomic mass is 16.5. The number of aromatic nitrogens is 2. The van der Waals surface area contributed by atoms with Crippen LogP contribution in [0.1, 0.15) is 22.4 Å². The molecule has 0 spiro atoms. The standard InChI is InChI=1S/C27H33N5O2/c1-21-8-10-24(11-9-21)31-19-30(13-12-29-14-16-34-17-15-29)20-32-26(33)25(22(2)28-27(31)32)18-23-6-4-3-5-7-23/h3-11H,12-20H2,1-2H3. The molecule has 0 N–H and O–H groups in total. The van der Waals surface area contributed by atoms with E-state index in [1.54, 1.807) is 0 Å². The van der Waals surface area contributed by atoms with Gasteiger partial charge in [0.05, 0.1) is 32.2 Å². The van der Waals surface area contributed by atoms with E-state index in [1.165, 1.54) is 5.56 Å². The fraction of sp³-hybridized carbons (Fsp3) is 0.407. The number of hydrogen-bond donors (Lipinski definition) is 0. The summed E-state index contributed by atoms with van der Waals surface area (Å²) in [5.41, 5.74) is 5.02. The number of morpholine rings is 1. The largest absolute Gasteiger partial charge is 0.379 e. The molecule has 0 amide bonds. The van der Waals surface area contributed by atoms with Gasteiger partial charge in [-0.1, -0.05) is 48.0 Å². The zero-order valence-corrected chi connectivity index (χ0v) is 20.1. The van der Waals surface area contributed by atoms with E-state index in [4.69, 9.17) is 9.72 Å². The number of fused-ring (bicyclic) bond motifs is 1. The van der Waals surface area contributed by atoms with Crippen LogP contribution in [0.3, 0.4) is 0 Å². The molecular weight excluding hydrogens is 426 g/mol. The van der Waals surface area contributed by atoms with E-state index in [1.807, 2.05) is 29.7 Å². The van der Waals surface area contributed by atoms with Crippen molar-refractivity contribution in [2.24, 2.45) is 0 Å². The number of aryl methyl sites for hydroxylation is 2. The topological polar surface area (TPSA) is 53.8 Å². The SMILES string of the molecule is Cc1ccc(N2CN(CCN3CCOCC3)Cn3c2nc(C)c(Cc2ccccc2)c3=O)cc1. The lowest BCUT2D eigenvalue weighted by atomic mass is 10.1. The van der Waals surface area contributed by atoms with Gasteiger partial charge in [-0.05, 0) is 31.5 Å². The van der Waals surface area contributed by atoms with Crippen LogP contribution < -0.4 is 10.5 Å². The van der Waals surface area contributed by atoms with Gasteiger partial charge in [-0.2, -0.15) is 0 Å². The summed E-state index contributed by atoms with van der Waals surface area (Å²) in [4.78, 5) is 25.7. The third-order valence-electron chi connectivity index (χ3n) is 6.78. The van der Waals surface area contributed by atoms with E-state index in [9.17, 15) is 4.79 Å². The predicted molar refractivity (Wildman–Crippen MR) is 135 cm³/mol. The molecule has 0 saturated carbocycles. The van der Waals surface area contributed by atoms with Gasteiger partial charge in [-0.15, -0.1) is 0 Å². The van der Waals surface area contributed by atoms with Gasteiger partial charge < -0.3 is 4.74 Å². The smallest absolute Gasteiger partial charge is 0.259 e. The Morgan fingerprint density at radius 2 is 1.59 bits per heavy atom. The molecule has 1 fully saturated rings. The Bertz CT molecular complexity index is 1170. The highest BCUT2D eigenvalue weighted by Gasteiger charge is 2.28. The number of hydrogen-bond acceptors (Lipinski definition) is 6. The molecule has 2 aliphatic heterocycles. The second-order valence-corrected chi connectivity index (χ2v) is 9.27. The Hall–Kier alpha value is -3.00. The van der Waals surface area contributed by atoms with Crippen molar-refractivity contribution in [1.29, 1.82) is 0 Å². The monoisotopic (exact) mass is 459 g/mol. The summed E-state index contributed by atoms with van der Waals surface area (Å²) < 4.78 is 7.35. The molecule has 3 heterocycles. The average molecular weight is 460 g/mol. The van der Waals surface area contributed by atoms with Crippen LogP contribution in [-0.4, -0.2) is 65.4 Å². The van der Waals surface area contributed by atoms with Crippen molar-refractivity contribution in [3.63, 3.8) is 0 Å². The molecule has 3 aromatic rings. The van der Waals surface area contributed by atoms with Gasteiger partial charge in [0.25, 0.3) is 5.56 Å². The maximum Gasteiger partial charge on any atom is 0.259 e. The van der Waals surface area contributed by atoms with Crippen LogP contribution >= 0.6 is 0 Å². The summed E-state index contributed by atoms with van der Waals surface area (Å²) in [6.07, 6.45) is 0.594. The molecule has 5 rings (SSSR count). The molecule has 0 unspecified atom stereocenters. The third kappa shape index (κ3) is 4.92. The van der Waals surface area contributed by atoms with Gasteiger partial charge in [0.1, 0.15) is 0 Å². The van der Waals surface area contributed by atoms with Crippen LogP contribution in [0.25, 0.3) is 0 Å². The van der Waals surface area contributed by atoms with Crippen molar-refractivity contribution in [3.05, 3.63) is 87.3 Å². The summed E-state index contributed by atoms with van der Waals surface area (Å²) in [7, 11) is 0. The fourth-order valence-corrected chi connectivity index (χ4v) is 4.70. The lowest BCUT2D eigenvalue weighted by Gasteiger charge is -2.39. The highest BCUT2D eigenvalue weighted by Crippen LogP contribution is 2.28. The first kappa shape index (κ1) is 22.8. The molecule has 178 valence electrons. The zero-order valence-electron chi connectivity index (χ0n) is 20.1. The molecule has 34 heavy (non-hydrogen) atoms. The number of rotatable bonds is 6. The molecule has 7 heteroatoms. The number of nitrogens with zero attached hydrogens (tertiary/aromatic N) is 5. The van der Waals surface area contributed by atoms with Gasteiger partial charge in [0.15, 0.2) is 0 Å². The van der Waals surface area contributed by atoms with Crippen LogP contribution in [0.15, 0.2) is 59.4 Å². The van der Waals surface area contributed by atoms with Crippen molar-refractivity contribution >= 4 is 11.6 Å². The summed E-state index contributed by atoms with van der Waals surface area (Å²) in [5, 5.41) is 0. The van der Waals surface area contributed by atoms with Gasteiger partial charge in [-0.25, -0.2) is 4.98 Å². The number of benzene rings is 2. The van der Waals surface area contributed by atoms with Gasteiger partial charge in [-0.3, -0.25) is 24.1 Å². The minimum Gasteiger partial charge on any atom is -0.379 e. The second kappa shape index (κ2) is 10.1. The quantitative estimate of drug-likeness (QED) is 0.565. The second-order valence-electron chi connectivity index (χ2n) is 9.27. The van der Waals surface area contributed by atoms with Gasteiger partial charge in [0.2, 0.25) is 5.95 Å². The van der Waals surface area contributed by atoms with Crippen LogP contribution in [0.5, 0.6) is 0 Å². The van der Waals surface area contributed by atoms with Crippen LogP contribution in [0.4, 0.5) is 11.6 Å². The number of anilines is 2. The minimum absolute atomic E-state index is 0.0551. The minimum atomic E-state index is 0.0551. The molecule has 1 aromatic heterocycles. The van der Waals surface area contributed by atoms with Crippen LogP contribution in [-0.2, 0) is 17.8 Å². The van der Waals surface area contributed by atoms with Crippen molar-refractivity contribution in [3.8, 4) is 0 Å². The van der Waals surface area contributed by atoms with Crippen molar-refractivity contribution < 1.29 is 4.74 Å². The van der Waals surface area contributed by atoms with Gasteiger partial charge in [0, 0.05) is 43.9 Å². The van der Waals surface area contributed by atoms with Crippen LogP contribution in [0, 0.1) is 13.8 Å². The van der Waals surface area contributed by atoms with E-state index in [0.29, 0.717) is 19.8 Å². The lowest BCUT2D eigenvalue weighted by molar-refractivity contribution is 0.0310. The summed E-state index contributed by atoms with van der Waals surface area (Å²) in [5.74, 6) is 0.728. The highest BCUT2D eigenvalue weighted by molar-refractivity contribution is 5.59. The molecule has 0 aliphatic carbocycles. The molecule has 0 radical (unpaired) electrons. The first-order valence-corrected chi connectivity index (χ1v) is 12.1. The maximum atomic E-state index is 13.8. The predicted octanol–water partition coefficient (Wildman–Crippen LogP) is 3.15. The Morgan fingerprint density at radius 1 is 0.882 bits per heavy atom. The zero-order chi connectivity index (χ0) is 23.5. The Kier molecular flexibility index (Phi) is 6.76.